The minimum absolute atomic E-state index is 0.0596. The maximum absolute atomic E-state index is 9.81. The molecule has 0 saturated carbocycles. The van der Waals surface area contributed by atoms with E-state index in [1.165, 1.54) is 16.7 Å². The van der Waals surface area contributed by atoms with E-state index in [9.17, 15) is 5.11 Å². The van der Waals surface area contributed by atoms with E-state index in [2.05, 4.69) is 77.7 Å². The molecule has 0 radical (unpaired) electrons. The third kappa shape index (κ3) is 7.62. The van der Waals surface area contributed by atoms with E-state index < -0.39 is 5.79 Å². The predicted octanol–water partition coefficient (Wildman–Crippen LogP) is 3.73. The molecule has 4 rings (SSSR count). The van der Waals surface area contributed by atoms with Crippen molar-refractivity contribution < 1.29 is 14.6 Å². The summed E-state index contributed by atoms with van der Waals surface area (Å²) in [6, 6.07) is 8.52. The zero-order chi connectivity index (χ0) is 26.1. The van der Waals surface area contributed by atoms with Crippen LogP contribution in [0, 0.1) is 12.8 Å². The van der Waals surface area contributed by atoms with Gasteiger partial charge >= 0.3 is 0 Å². The first-order valence-corrected chi connectivity index (χ1v) is 13.8. The quantitative estimate of drug-likeness (QED) is 0.299. The number of aryl methyl sites for hydroxylation is 2. The normalized spacial score (nSPS) is 24.1. The Bertz CT molecular complexity index is 1050. The molecule has 2 heterocycles. The van der Waals surface area contributed by atoms with Crippen LogP contribution in [0.15, 0.2) is 55.0 Å². The van der Waals surface area contributed by atoms with E-state index in [-0.39, 0.29) is 12.0 Å². The molecule has 37 heavy (non-hydrogen) atoms. The number of allylic oxidation sites excluding steroid dienone is 2. The lowest BCUT2D eigenvalue weighted by Crippen LogP contribution is -2.43. The Labute approximate surface area is 222 Å². The summed E-state index contributed by atoms with van der Waals surface area (Å²) in [6.07, 6.45) is 13.7. The van der Waals surface area contributed by atoms with Crippen LogP contribution in [-0.2, 0) is 22.9 Å². The van der Waals surface area contributed by atoms with E-state index in [0.717, 1.165) is 64.1 Å². The number of aliphatic hydroxyl groups excluding tert-OH is 1. The van der Waals surface area contributed by atoms with Crippen molar-refractivity contribution >= 4 is 5.57 Å². The molecule has 2 N–H and O–H groups in total. The van der Waals surface area contributed by atoms with Crippen molar-refractivity contribution in [3.05, 3.63) is 71.8 Å². The van der Waals surface area contributed by atoms with Gasteiger partial charge in [-0.1, -0.05) is 43.3 Å². The van der Waals surface area contributed by atoms with E-state index in [0.29, 0.717) is 13.2 Å². The van der Waals surface area contributed by atoms with Gasteiger partial charge in [0.1, 0.15) is 0 Å². The molecule has 1 fully saturated rings. The average molecular weight is 509 g/mol. The van der Waals surface area contributed by atoms with Crippen molar-refractivity contribution in [3.63, 3.8) is 0 Å². The van der Waals surface area contributed by atoms with E-state index >= 15 is 0 Å². The number of β-amino-alcohol motifs (C(OH)–C–C–N with tert-alkyl or cyclic N) is 1. The number of likely N-dealkylation sites (tertiary alicyclic amines) is 1. The number of hydrogen-bond acceptors (Lipinski definition) is 6. The van der Waals surface area contributed by atoms with E-state index in [4.69, 9.17) is 9.47 Å². The molecule has 1 aromatic heterocycles. The molecule has 0 amide bonds. The monoisotopic (exact) mass is 508 g/mol. The smallest absolute Gasteiger partial charge is 0.194 e. The Morgan fingerprint density at radius 1 is 1.16 bits per heavy atom. The van der Waals surface area contributed by atoms with Crippen LogP contribution in [0.5, 0.6) is 0 Å². The molecule has 2 unspecified atom stereocenters. The van der Waals surface area contributed by atoms with Crippen LogP contribution in [0.3, 0.4) is 0 Å². The Hall–Kier alpha value is -2.29. The summed E-state index contributed by atoms with van der Waals surface area (Å²) in [7, 11) is 2.00. The molecule has 0 spiro atoms. The van der Waals surface area contributed by atoms with Gasteiger partial charge in [-0.25, -0.2) is 4.98 Å². The van der Waals surface area contributed by atoms with Crippen molar-refractivity contribution in [2.75, 3.05) is 45.9 Å². The van der Waals surface area contributed by atoms with Gasteiger partial charge in [-0.2, -0.15) is 0 Å². The van der Waals surface area contributed by atoms with Crippen molar-refractivity contribution in [2.24, 2.45) is 13.0 Å². The van der Waals surface area contributed by atoms with E-state index in [1.807, 2.05) is 17.9 Å². The Morgan fingerprint density at radius 3 is 2.70 bits per heavy atom. The number of rotatable bonds is 14. The molecule has 1 aliphatic carbocycles. The zero-order valence-corrected chi connectivity index (χ0v) is 22.7. The van der Waals surface area contributed by atoms with Gasteiger partial charge in [-0.15, -0.1) is 0 Å². The molecule has 0 bridgehead atoms. The maximum Gasteiger partial charge on any atom is 0.194 e. The second-order valence-corrected chi connectivity index (χ2v) is 10.4. The Morgan fingerprint density at radius 2 is 1.97 bits per heavy atom. The third-order valence-corrected chi connectivity index (χ3v) is 7.47. The molecular formula is C30H44N4O3. The predicted molar refractivity (Wildman–Crippen MR) is 148 cm³/mol. The highest BCUT2D eigenvalue weighted by Gasteiger charge is 2.40. The topological polar surface area (TPSA) is 71.8 Å². The van der Waals surface area contributed by atoms with E-state index in [1.54, 1.807) is 0 Å². The maximum atomic E-state index is 9.81. The Balaban J connectivity index is 1.31. The zero-order valence-electron chi connectivity index (χ0n) is 22.7. The molecule has 7 heteroatoms. The Kier molecular flexibility index (Phi) is 10.1. The summed E-state index contributed by atoms with van der Waals surface area (Å²) >= 11 is 0. The van der Waals surface area contributed by atoms with Crippen LogP contribution in [0.2, 0.25) is 0 Å². The van der Waals surface area contributed by atoms with Crippen LogP contribution in [0.1, 0.15) is 43.0 Å². The molecule has 1 aromatic carbocycles. The summed E-state index contributed by atoms with van der Waals surface area (Å²) in [6.45, 7) is 10.1. The molecule has 2 aliphatic rings. The van der Waals surface area contributed by atoms with Gasteiger partial charge in [0.05, 0.1) is 31.3 Å². The number of aromatic nitrogens is 2. The fourth-order valence-electron chi connectivity index (χ4n) is 5.30. The highest BCUT2D eigenvalue weighted by atomic mass is 16.7. The average Bonchev–Trinajstić information content (AvgIpc) is 3.50. The fraction of sp³-hybridized carbons (Fsp3) is 0.567. The number of ether oxygens (including phenoxy) is 2. The molecular weight excluding hydrogens is 464 g/mol. The molecule has 1 aliphatic heterocycles. The fourth-order valence-corrected chi connectivity index (χ4v) is 5.30. The number of benzene rings is 1. The summed E-state index contributed by atoms with van der Waals surface area (Å²) in [5, 5.41) is 13.3. The van der Waals surface area contributed by atoms with Gasteiger partial charge in [0, 0.05) is 51.8 Å². The van der Waals surface area contributed by atoms with Crippen LogP contribution in [-0.4, -0.2) is 77.4 Å². The number of hydrogen-bond donors (Lipinski definition) is 2. The molecule has 2 aromatic rings. The minimum Gasteiger partial charge on any atom is -0.392 e. The number of imidazole rings is 1. The van der Waals surface area contributed by atoms with Crippen LogP contribution < -0.4 is 5.32 Å². The van der Waals surface area contributed by atoms with Crippen molar-refractivity contribution in [1.82, 2.24) is 19.8 Å². The minimum atomic E-state index is -0.787. The number of aliphatic hydroxyl groups is 1. The van der Waals surface area contributed by atoms with Crippen LogP contribution >= 0.6 is 0 Å². The van der Waals surface area contributed by atoms with Gasteiger partial charge in [-0.3, -0.25) is 0 Å². The van der Waals surface area contributed by atoms with Gasteiger partial charge in [0.25, 0.3) is 0 Å². The lowest BCUT2D eigenvalue weighted by Gasteiger charge is -2.40. The second kappa shape index (κ2) is 13.5. The molecule has 202 valence electrons. The standard InChI is InChI=1S/C30H44N4O3/c1-24-9-4-5-10-28(24)29-11-6-14-30(25(29)2,37-20-8-17-34-18-13-27(35)22-34)36-19-7-15-31-16-12-26-21-33(3)23-32-26/h4-6,9-11,14,21,23,25,27,31,35H,7-8,12-13,15-20,22H2,1-3H3/t25?,27-,30?/m1/s1. The van der Waals surface area contributed by atoms with Gasteiger partial charge in [0.2, 0.25) is 0 Å². The highest BCUT2D eigenvalue weighted by molar-refractivity contribution is 5.73. The van der Waals surface area contributed by atoms with Crippen LogP contribution in [0.25, 0.3) is 5.57 Å². The van der Waals surface area contributed by atoms with Gasteiger partial charge < -0.3 is 29.4 Å². The first-order chi connectivity index (χ1) is 18.0. The first kappa shape index (κ1) is 27.7. The van der Waals surface area contributed by atoms with Crippen LogP contribution in [0.4, 0.5) is 0 Å². The van der Waals surface area contributed by atoms with Crippen molar-refractivity contribution in [2.45, 2.75) is 51.4 Å². The SMILES string of the molecule is Cc1ccccc1C1=CC=CC(OCCCNCCc2cn(C)cn2)(OCCCN2CC[C@@H](O)C2)C1C. The number of nitrogens with zero attached hydrogens (tertiary/aromatic N) is 3. The summed E-state index contributed by atoms with van der Waals surface area (Å²) in [5.74, 6) is -0.727. The second-order valence-electron chi connectivity index (χ2n) is 10.4. The first-order valence-electron chi connectivity index (χ1n) is 13.8. The highest BCUT2D eigenvalue weighted by Crippen LogP contribution is 2.40. The number of nitrogens with one attached hydrogen (secondary N) is 1. The third-order valence-electron chi connectivity index (χ3n) is 7.47. The lowest BCUT2D eigenvalue weighted by atomic mass is 9.82. The molecule has 1 saturated heterocycles. The summed E-state index contributed by atoms with van der Waals surface area (Å²) < 4.78 is 15.1. The molecule has 7 nitrogen and oxygen atoms in total. The van der Waals surface area contributed by atoms with Gasteiger partial charge in [0.15, 0.2) is 5.79 Å². The summed E-state index contributed by atoms with van der Waals surface area (Å²) in [4.78, 5) is 6.70. The van der Waals surface area contributed by atoms with Gasteiger partial charge in [-0.05, 0) is 55.5 Å². The molecule has 3 atom stereocenters. The largest absolute Gasteiger partial charge is 0.392 e. The van der Waals surface area contributed by atoms with Crippen molar-refractivity contribution in [1.29, 1.82) is 0 Å². The summed E-state index contributed by atoms with van der Waals surface area (Å²) in [5.41, 5.74) is 4.86. The lowest BCUT2D eigenvalue weighted by molar-refractivity contribution is -0.223. The van der Waals surface area contributed by atoms with Crippen molar-refractivity contribution in [3.8, 4) is 0 Å².